The molecule has 88 valence electrons. The number of rotatable bonds is 4. The van der Waals surface area contributed by atoms with E-state index in [1.54, 1.807) is 7.11 Å². The van der Waals surface area contributed by atoms with E-state index in [1.807, 2.05) is 24.3 Å². The summed E-state index contributed by atoms with van der Waals surface area (Å²) in [6, 6.07) is 7.50. The summed E-state index contributed by atoms with van der Waals surface area (Å²) in [5.41, 5.74) is -0.0695. The maximum atomic E-state index is 9.63. The summed E-state index contributed by atoms with van der Waals surface area (Å²) in [5, 5.41) is 9.63. The predicted octanol–water partition coefficient (Wildman–Crippen LogP) is 2.24. The van der Waals surface area contributed by atoms with E-state index in [0.29, 0.717) is 6.61 Å². The average Bonchev–Trinajstić information content (AvgIpc) is 2.34. The monoisotopic (exact) mass is 222 g/mol. The molecule has 2 atom stereocenters. The quantitative estimate of drug-likeness (QED) is 0.849. The molecule has 0 bridgehead atoms. The fourth-order valence-electron chi connectivity index (χ4n) is 1.85. The van der Waals surface area contributed by atoms with Gasteiger partial charge in [0.25, 0.3) is 0 Å². The predicted molar refractivity (Wildman–Crippen MR) is 61.8 cm³/mol. The van der Waals surface area contributed by atoms with Crippen molar-refractivity contribution in [2.24, 2.45) is 5.41 Å². The number of hydrogen-bond donors (Lipinski definition) is 1. The first-order valence-corrected chi connectivity index (χ1v) is 5.59. The zero-order valence-electron chi connectivity index (χ0n) is 9.77. The van der Waals surface area contributed by atoms with Crippen molar-refractivity contribution >= 4 is 0 Å². The van der Waals surface area contributed by atoms with Crippen molar-refractivity contribution in [3.8, 4) is 11.5 Å². The lowest BCUT2D eigenvalue weighted by Crippen LogP contribution is -2.46. The second-order valence-electron chi connectivity index (χ2n) is 4.67. The molecule has 0 saturated heterocycles. The van der Waals surface area contributed by atoms with Crippen LogP contribution >= 0.6 is 0 Å². The van der Waals surface area contributed by atoms with Crippen molar-refractivity contribution in [1.29, 1.82) is 0 Å². The zero-order valence-corrected chi connectivity index (χ0v) is 9.77. The van der Waals surface area contributed by atoms with Crippen molar-refractivity contribution in [3.05, 3.63) is 24.3 Å². The Labute approximate surface area is 96.0 Å². The Bertz CT molecular complexity index is 347. The zero-order chi connectivity index (χ0) is 11.6. The maximum absolute atomic E-state index is 9.63. The van der Waals surface area contributed by atoms with Crippen LogP contribution in [0.2, 0.25) is 0 Å². The molecule has 3 heteroatoms. The second kappa shape index (κ2) is 4.34. The molecule has 1 saturated carbocycles. The Morgan fingerprint density at radius 2 is 1.94 bits per heavy atom. The summed E-state index contributed by atoms with van der Waals surface area (Å²) in [6.07, 6.45) is 1.71. The first-order chi connectivity index (χ1) is 7.64. The van der Waals surface area contributed by atoms with E-state index in [1.165, 1.54) is 0 Å². The van der Waals surface area contributed by atoms with Crippen LogP contribution in [0, 0.1) is 5.41 Å². The molecule has 0 amide bonds. The van der Waals surface area contributed by atoms with E-state index in [0.717, 1.165) is 24.3 Å². The SMILES string of the molecule is COc1ccc(OCC2(C)CCC2O)cc1. The first-order valence-electron chi connectivity index (χ1n) is 5.59. The van der Waals surface area contributed by atoms with E-state index in [-0.39, 0.29) is 11.5 Å². The number of aliphatic hydroxyl groups is 1. The summed E-state index contributed by atoms with van der Waals surface area (Å²) < 4.78 is 10.7. The van der Waals surface area contributed by atoms with E-state index < -0.39 is 0 Å². The Hall–Kier alpha value is -1.22. The van der Waals surface area contributed by atoms with Crippen molar-refractivity contribution in [2.45, 2.75) is 25.9 Å². The summed E-state index contributed by atoms with van der Waals surface area (Å²) in [7, 11) is 1.64. The number of benzene rings is 1. The fraction of sp³-hybridized carbons (Fsp3) is 0.538. The van der Waals surface area contributed by atoms with Gasteiger partial charge >= 0.3 is 0 Å². The van der Waals surface area contributed by atoms with Crippen LogP contribution in [-0.4, -0.2) is 24.9 Å². The summed E-state index contributed by atoms with van der Waals surface area (Å²) in [4.78, 5) is 0. The van der Waals surface area contributed by atoms with Crippen LogP contribution in [0.4, 0.5) is 0 Å². The molecule has 1 fully saturated rings. The third-order valence-corrected chi connectivity index (χ3v) is 3.42. The molecule has 0 aliphatic heterocycles. The van der Waals surface area contributed by atoms with Gasteiger partial charge in [0.05, 0.1) is 19.8 Å². The van der Waals surface area contributed by atoms with Crippen molar-refractivity contribution < 1.29 is 14.6 Å². The fourth-order valence-corrected chi connectivity index (χ4v) is 1.85. The highest BCUT2D eigenvalue weighted by Gasteiger charge is 2.42. The highest BCUT2D eigenvalue weighted by atomic mass is 16.5. The van der Waals surface area contributed by atoms with Gasteiger partial charge < -0.3 is 14.6 Å². The largest absolute Gasteiger partial charge is 0.497 e. The van der Waals surface area contributed by atoms with Crippen LogP contribution < -0.4 is 9.47 Å². The van der Waals surface area contributed by atoms with Crippen molar-refractivity contribution in [2.75, 3.05) is 13.7 Å². The van der Waals surface area contributed by atoms with Gasteiger partial charge in [-0.1, -0.05) is 6.92 Å². The number of methoxy groups -OCH3 is 1. The van der Waals surface area contributed by atoms with Crippen LogP contribution in [-0.2, 0) is 0 Å². The van der Waals surface area contributed by atoms with Crippen LogP contribution in [0.15, 0.2) is 24.3 Å². The molecule has 16 heavy (non-hydrogen) atoms. The Morgan fingerprint density at radius 3 is 2.38 bits per heavy atom. The van der Waals surface area contributed by atoms with Gasteiger partial charge in [0.1, 0.15) is 11.5 Å². The summed E-state index contributed by atoms with van der Waals surface area (Å²) in [6.45, 7) is 2.63. The maximum Gasteiger partial charge on any atom is 0.119 e. The van der Waals surface area contributed by atoms with Gasteiger partial charge in [0, 0.05) is 5.41 Å². The van der Waals surface area contributed by atoms with Crippen molar-refractivity contribution in [1.82, 2.24) is 0 Å². The third-order valence-electron chi connectivity index (χ3n) is 3.42. The molecule has 0 spiro atoms. The van der Waals surface area contributed by atoms with E-state index >= 15 is 0 Å². The Kier molecular flexibility index (Phi) is 3.06. The molecule has 2 rings (SSSR count). The molecule has 1 N–H and O–H groups in total. The summed E-state index contributed by atoms with van der Waals surface area (Å²) >= 11 is 0. The molecule has 0 heterocycles. The van der Waals surface area contributed by atoms with Gasteiger partial charge in [0.2, 0.25) is 0 Å². The first kappa shape index (κ1) is 11.3. The molecular formula is C13H18O3. The molecule has 3 nitrogen and oxygen atoms in total. The molecule has 1 aromatic rings. The van der Waals surface area contributed by atoms with E-state index in [9.17, 15) is 5.11 Å². The van der Waals surface area contributed by atoms with E-state index in [4.69, 9.17) is 9.47 Å². The molecule has 2 unspecified atom stereocenters. The normalized spacial score (nSPS) is 28.3. The van der Waals surface area contributed by atoms with Crippen molar-refractivity contribution in [3.63, 3.8) is 0 Å². The molecule has 1 aliphatic carbocycles. The van der Waals surface area contributed by atoms with Gasteiger partial charge in [-0.05, 0) is 37.1 Å². The molecule has 1 aliphatic rings. The van der Waals surface area contributed by atoms with Gasteiger partial charge in [0.15, 0.2) is 0 Å². The lowest BCUT2D eigenvalue weighted by molar-refractivity contribution is -0.0765. The van der Waals surface area contributed by atoms with Gasteiger partial charge in [-0.2, -0.15) is 0 Å². The van der Waals surface area contributed by atoms with Crippen LogP contribution in [0.3, 0.4) is 0 Å². The highest BCUT2D eigenvalue weighted by molar-refractivity contribution is 5.31. The molecule has 1 aromatic carbocycles. The molecule has 0 aromatic heterocycles. The second-order valence-corrected chi connectivity index (χ2v) is 4.67. The molecular weight excluding hydrogens is 204 g/mol. The average molecular weight is 222 g/mol. The lowest BCUT2D eigenvalue weighted by atomic mass is 9.68. The minimum atomic E-state index is -0.217. The Balaban J connectivity index is 1.89. The number of hydrogen-bond acceptors (Lipinski definition) is 3. The van der Waals surface area contributed by atoms with Gasteiger partial charge in [-0.3, -0.25) is 0 Å². The minimum absolute atomic E-state index is 0.0695. The van der Waals surface area contributed by atoms with E-state index in [2.05, 4.69) is 6.92 Å². The van der Waals surface area contributed by atoms with Gasteiger partial charge in [-0.25, -0.2) is 0 Å². The number of aliphatic hydroxyl groups excluding tert-OH is 1. The summed E-state index contributed by atoms with van der Waals surface area (Å²) in [5.74, 6) is 1.64. The smallest absolute Gasteiger partial charge is 0.119 e. The topological polar surface area (TPSA) is 38.7 Å². The van der Waals surface area contributed by atoms with Gasteiger partial charge in [-0.15, -0.1) is 0 Å². The van der Waals surface area contributed by atoms with Crippen LogP contribution in [0.1, 0.15) is 19.8 Å². The van der Waals surface area contributed by atoms with Crippen LogP contribution in [0.5, 0.6) is 11.5 Å². The number of ether oxygens (including phenoxy) is 2. The Morgan fingerprint density at radius 1 is 1.31 bits per heavy atom. The van der Waals surface area contributed by atoms with Crippen LogP contribution in [0.25, 0.3) is 0 Å². The standard InChI is InChI=1S/C13H18O3/c1-13(8-7-12(13)14)9-16-11-5-3-10(15-2)4-6-11/h3-6,12,14H,7-9H2,1-2H3. The minimum Gasteiger partial charge on any atom is -0.497 e. The highest BCUT2D eigenvalue weighted by Crippen LogP contribution is 2.40. The lowest BCUT2D eigenvalue weighted by Gasteiger charge is -2.43. The molecule has 0 radical (unpaired) electrons. The third kappa shape index (κ3) is 2.14.